The number of para-hydroxylation sites is 1. The van der Waals surface area contributed by atoms with Gasteiger partial charge in [-0.2, -0.15) is 0 Å². The lowest BCUT2D eigenvalue weighted by atomic mass is 10.1. The highest BCUT2D eigenvalue weighted by Gasteiger charge is 2.04. The topological polar surface area (TPSA) is 3.88 Å². The van der Waals surface area contributed by atoms with Crippen LogP contribution in [0.5, 0.6) is 0 Å². The van der Waals surface area contributed by atoms with Gasteiger partial charge in [0.15, 0.2) is 6.20 Å². The van der Waals surface area contributed by atoms with Crippen molar-refractivity contribution in [1.82, 2.24) is 0 Å². The molecular formula is C11H12ClN. The number of aromatic nitrogens is 1. The summed E-state index contributed by atoms with van der Waals surface area (Å²) in [6, 6.07) is 10.6. The third-order valence-electron chi connectivity index (χ3n) is 2.26. The Morgan fingerprint density at radius 1 is 1.08 bits per heavy atom. The first-order valence-electron chi connectivity index (χ1n) is 4.13. The van der Waals surface area contributed by atoms with Crippen molar-refractivity contribution in [3.63, 3.8) is 0 Å². The lowest BCUT2D eigenvalue weighted by Crippen LogP contribution is -3.00. The van der Waals surface area contributed by atoms with E-state index in [4.69, 9.17) is 0 Å². The summed E-state index contributed by atoms with van der Waals surface area (Å²) in [5, 5.41) is 1.34. The maximum atomic E-state index is 2.16. The Balaban J connectivity index is 0.000000845. The van der Waals surface area contributed by atoms with Crippen LogP contribution in [0.15, 0.2) is 36.5 Å². The van der Waals surface area contributed by atoms with Crippen molar-refractivity contribution in [3.05, 3.63) is 42.1 Å². The smallest absolute Gasteiger partial charge is 0.212 e. The normalized spacial score (nSPS) is 9.69. The molecule has 0 bridgehead atoms. The second-order valence-corrected chi connectivity index (χ2v) is 3.13. The lowest BCUT2D eigenvalue weighted by Gasteiger charge is -1.98. The molecule has 1 nitrogen and oxygen atoms in total. The summed E-state index contributed by atoms with van der Waals surface area (Å²) in [5.41, 5.74) is 2.63. The quantitative estimate of drug-likeness (QED) is 0.472. The molecule has 1 heterocycles. The number of fused-ring (bicyclic) bond motifs is 1. The molecule has 13 heavy (non-hydrogen) atoms. The Bertz CT molecular complexity index is 383. The van der Waals surface area contributed by atoms with Crippen molar-refractivity contribution in [3.8, 4) is 0 Å². The number of benzene rings is 1. The monoisotopic (exact) mass is 193 g/mol. The zero-order valence-electron chi connectivity index (χ0n) is 7.79. The first-order valence-corrected chi connectivity index (χ1v) is 4.13. The highest BCUT2D eigenvalue weighted by Crippen LogP contribution is 2.12. The molecule has 0 unspecified atom stereocenters. The molecule has 0 radical (unpaired) electrons. The zero-order chi connectivity index (χ0) is 8.55. The van der Waals surface area contributed by atoms with Crippen LogP contribution < -0.4 is 17.0 Å². The second kappa shape index (κ2) is 3.75. The van der Waals surface area contributed by atoms with E-state index in [0.29, 0.717) is 0 Å². The zero-order valence-corrected chi connectivity index (χ0v) is 8.55. The molecule has 68 valence electrons. The van der Waals surface area contributed by atoms with Crippen LogP contribution in [0.4, 0.5) is 0 Å². The fourth-order valence-corrected chi connectivity index (χ4v) is 1.51. The standard InChI is InChI=1S/C11H12N.ClH/c1-9-7-8-12(2)11-6-4-3-5-10(9)11;/h3-8H,1-2H3;1H/q+1;/p-1. The minimum atomic E-state index is 0. The van der Waals surface area contributed by atoms with Crippen molar-refractivity contribution < 1.29 is 17.0 Å². The Morgan fingerprint density at radius 2 is 1.77 bits per heavy atom. The van der Waals surface area contributed by atoms with Gasteiger partial charge in [0.1, 0.15) is 7.05 Å². The third-order valence-corrected chi connectivity index (χ3v) is 2.26. The van der Waals surface area contributed by atoms with E-state index in [9.17, 15) is 0 Å². The SMILES string of the molecule is Cc1cc[n+](C)c2ccccc12.[Cl-]. The molecule has 2 heteroatoms. The fourth-order valence-electron chi connectivity index (χ4n) is 1.51. The Kier molecular flexibility index (Phi) is 2.89. The van der Waals surface area contributed by atoms with Gasteiger partial charge >= 0.3 is 0 Å². The number of rotatable bonds is 0. The van der Waals surface area contributed by atoms with Crippen LogP contribution in [0.2, 0.25) is 0 Å². The van der Waals surface area contributed by atoms with Crippen molar-refractivity contribution in [2.45, 2.75) is 6.92 Å². The highest BCUT2D eigenvalue weighted by molar-refractivity contribution is 5.78. The molecule has 0 amide bonds. The maximum Gasteiger partial charge on any atom is 0.212 e. The minimum Gasteiger partial charge on any atom is -1.00 e. The van der Waals surface area contributed by atoms with Gasteiger partial charge in [0, 0.05) is 17.5 Å². The van der Waals surface area contributed by atoms with Crippen LogP contribution in [-0.4, -0.2) is 0 Å². The van der Waals surface area contributed by atoms with Crippen molar-refractivity contribution in [2.24, 2.45) is 7.05 Å². The van der Waals surface area contributed by atoms with Gasteiger partial charge in [-0.15, -0.1) is 0 Å². The number of nitrogens with zero attached hydrogens (tertiary/aromatic N) is 1. The molecule has 0 aliphatic carbocycles. The predicted molar refractivity (Wildman–Crippen MR) is 49.9 cm³/mol. The Hall–Kier alpha value is -1.08. The molecule has 0 saturated heterocycles. The summed E-state index contributed by atoms with van der Waals surface area (Å²) in [4.78, 5) is 0. The molecule has 1 aromatic heterocycles. The molecule has 2 aromatic rings. The van der Waals surface area contributed by atoms with Crippen LogP contribution in [-0.2, 0) is 7.05 Å². The summed E-state index contributed by atoms with van der Waals surface area (Å²) in [5.74, 6) is 0. The number of hydrogen-bond acceptors (Lipinski definition) is 0. The van der Waals surface area contributed by atoms with Crippen molar-refractivity contribution >= 4 is 10.9 Å². The van der Waals surface area contributed by atoms with Crippen LogP contribution in [0, 0.1) is 6.92 Å². The van der Waals surface area contributed by atoms with Crippen molar-refractivity contribution in [1.29, 1.82) is 0 Å². The number of aryl methyl sites for hydroxylation is 2. The number of halogens is 1. The maximum absolute atomic E-state index is 2.16. The highest BCUT2D eigenvalue weighted by atomic mass is 35.5. The summed E-state index contributed by atoms with van der Waals surface area (Å²) in [6.45, 7) is 2.14. The average Bonchev–Trinajstić information content (AvgIpc) is 2.12. The van der Waals surface area contributed by atoms with E-state index in [1.54, 1.807) is 0 Å². The number of hydrogen-bond donors (Lipinski definition) is 0. The number of pyridine rings is 1. The average molecular weight is 194 g/mol. The molecule has 0 saturated carbocycles. The van der Waals surface area contributed by atoms with Crippen LogP contribution in [0.3, 0.4) is 0 Å². The molecule has 0 fully saturated rings. The molecule has 0 aliphatic heterocycles. The van der Waals surface area contributed by atoms with Gasteiger partial charge in [0.25, 0.3) is 0 Å². The van der Waals surface area contributed by atoms with Gasteiger partial charge < -0.3 is 12.4 Å². The van der Waals surface area contributed by atoms with Gasteiger partial charge in [0.05, 0.1) is 0 Å². The van der Waals surface area contributed by atoms with E-state index in [1.807, 2.05) is 0 Å². The van der Waals surface area contributed by atoms with Gasteiger partial charge in [-0.3, -0.25) is 0 Å². The molecule has 1 aromatic carbocycles. The van der Waals surface area contributed by atoms with E-state index < -0.39 is 0 Å². The van der Waals surface area contributed by atoms with E-state index in [1.165, 1.54) is 16.5 Å². The first-order chi connectivity index (χ1) is 5.79. The molecule has 0 spiro atoms. The summed E-state index contributed by atoms with van der Waals surface area (Å²) < 4.78 is 2.14. The Labute approximate surface area is 84.4 Å². The molecule has 2 rings (SSSR count). The van der Waals surface area contributed by atoms with E-state index in [2.05, 4.69) is 55.1 Å². The summed E-state index contributed by atoms with van der Waals surface area (Å²) >= 11 is 0. The van der Waals surface area contributed by atoms with Gasteiger partial charge in [-0.05, 0) is 18.6 Å². The van der Waals surface area contributed by atoms with E-state index >= 15 is 0 Å². The van der Waals surface area contributed by atoms with Crippen LogP contribution >= 0.6 is 0 Å². The summed E-state index contributed by atoms with van der Waals surface area (Å²) in [7, 11) is 2.07. The van der Waals surface area contributed by atoms with Crippen molar-refractivity contribution in [2.75, 3.05) is 0 Å². The van der Waals surface area contributed by atoms with Crippen LogP contribution in [0.1, 0.15) is 5.56 Å². The molecular weight excluding hydrogens is 182 g/mol. The predicted octanol–water partition coefficient (Wildman–Crippen LogP) is -1.02. The minimum absolute atomic E-state index is 0. The second-order valence-electron chi connectivity index (χ2n) is 3.13. The fraction of sp³-hybridized carbons (Fsp3) is 0.182. The van der Waals surface area contributed by atoms with Gasteiger partial charge in [-0.1, -0.05) is 12.1 Å². The van der Waals surface area contributed by atoms with Gasteiger partial charge in [0.2, 0.25) is 5.52 Å². The molecule has 0 aliphatic rings. The van der Waals surface area contributed by atoms with Crippen LogP contribution in [0.25, 0.3) is 10.9 Å². The first kappa shape index (κ1) is 10.0. The Morgan fingerprint density at radius 3 is 2.46 bits per heavy atom. The molecule has 0 N–H and O–H groups in total. The molecule has 0 atom stereocenters. The summed E-state index contributed by atoms with van der Waals surface area (Å²) in [6.07, 6.45) is 2.09. The largest absolute Gasteiger partial charge is 1.00 e. The van der Waals surface area contributed by atoms with Gasteiger partial charge in [-0.25, -0.2) is 4.57 Å². The lowest BCUT2D eigenvalue weighted by molar-refractivity contribution is -0.644. The van der Waals surface area contributed by atoms with E-state index in [0.717, 1.165) is 0 Å². The van der Waals surface area contributed by atoms with E-state index in [-0.39, 0.29) is 12.4 Å². The third kappa shape index (κ3) is 1.65.